The molecule has 1 fully saturated rings. The molecular weight excluding hydrogens is 434 g/mol. The zero-order valence-corrected chi connectivity index (χ0v) is 19.7. The van der Waals surface area contributed by atoms with Gasteiger partial charge in [-0.1, -0.05) is 24.3 Å². The third kappa shape index (κ3) is 5.09. The fourth-order valence-electron chi connectivity index (χ4n) is 4.23. The molecule has 2 aromatic carbocycles. The largest absolute Gasteiger partial charge is 0.378 e. The molecule has 0 spiro atoms. The Morgan fingerprint density at radius 1 is 1.06 bits per heavy atom. The number of benzene rings is 2. The lowest BCUT2D eigenvalue weighted by Crippen LogP contribution is -2.36. The van der Waals surface area contributed by atoms with E-state index in [1.54, 1.807) is 42.6 Å². The quantitative estimate of drug-likeness (QED) is 0.393. The maximum atomic E-state index is 12.9. The van der Waals surface area contributed by atoms with Crippen molar-refractivity contribution in [3.05, 3.63) is 86.7 Å². The van der Waals surface area contributed by atoms with E-state index in [4.69, 9.17) is 4.74 Å². The van der Waals surface area contributed by atoms with Gasteiger partial charge in [0, 0.05) is 37.9 Å². The monoisotopic (exact) mass is 463 g/mol. The number of ether oxygens (including phenoxy) is 1. The number of amides is 1. The average Bonchev–Trinajstić information content (AvgIpc) is 3.12. The van der Waals surface area contributed by atoms with Gasteiger partial charge in [0.2, 0.25) is 0 Å². The predicted octanol–water partition coefficient (Wildman–Crippen LogP) is 3.57. The van der Waals surface area contributed by atoms with Crippen LogP contribution in [-0.4, -0.2) is 58.9 Å². The van der Waals surface area contributed by atoms with E-state index >= 15 is 0 Å². The highest BCUT2D eigenvalue weighted by atomic mass is 16.6. The summed E-state index contributed by atoms with van der Waals surface area (Å²) in [5.41, 5.74) is 4.71. The van der Waals surface area contributed by atoms with Crippen LogP contribution >= 0.6 is 0 Å². The van der Waals surface area contributed by atoms with Crippen LogP contribution in [0.3, 0.4) is 0 Å². The molecule has 1 aromatic heterocycles. The second-order valence-corrected chi connectivity index (χ2v) is 8.56. The second-order valence-electron chi connectivity index (χ2n) is 8.56. The van der Waals surface area contributed by atoms with E-state index in [1.807, 2.05) is 12.1 Å². The predicted molar refractivity (Wildman–Crippen MR) is 129 cm³/mol. The highest BCUT2D eigenvalue weighted by Crippen LogP contribution is 2.23. The number of aryl methyl sites for hydroxylation is 1. The van der Waals surface area contributed by atoms with E-state index in [2.05, 4.69) is 34.3 Å². The molecule has 0 unspecified atom stereocenters. The van der Waals surface area contributed by atoms with Crippen LogP contribution in [0.15, 0.2) is 48.5 Å². The van der Waals surface area contributed by atoms with Crippen LogP contribution in [0.2, 0.25) is 0 Å². The molecule has 0 N–H and O–H groups in total. The lowest BCUT2D eigenvalue weighted by molar-refractivity contribution is -0.386. The van der Waals surface area contributed by atoms with Gasteiger partial charge in [0.15, 0.2) is 0 Å². The first-order valence-corrected chi connectivity index (χ1v) is 11.3. The number of rotatable bonds is 7. The molecule has 9 heteroatoms. The molecule has 0 aliphatic carbocycles. The molecule has 1 aliphatic heterocycles. The molecule has 0 atom stereocenters. The van der Waals surface area contributed by atoms with Gasteiger partial charge in [0.1, 0.15) is 11.4 Å². The third-order valence-electron chi connectivity index (χ3n) is 6.14. The Labute approximate surface area is 198 Å². The highest BCUT2D eigenvalue weighted by Gasteiger charge is 2.22. The molecular formula is C25H29N5O4. The smallest absolute Gasteiger partial charge is 0.312 e. The van der Waals surface area contributed by atoms with E-state index in [9.17, 15) is 14.9 Å². The van der Waals surface area contributed by atoms with Gasteiger partial charge in [0.05, 0.1) is 24.7 Å². The number of hydrogen-bond acceptors (Lipinski definition) is 6. The van der Waals surface area contributed by atoms with Crippen molar-refractivity contribution in [1.82, 2.24) is 14.7 Å². The van der Waals surface area contributed by atoms with Crippen LogP contribution in [-0.2, 0) is 17.8 Å². The van der Waals surface area contributed by atoms with Gasteiger partial charge < -0.3 is 14.5 Å². The maximum absolute atomic E-state index is 12.9. The number of nitrogens with zero attached hydrogens (tertiary/aromatic N) is 5. The summed E-state index contributed by atoms with van der Waals surface area (Å²) >= 11 is 0. The van der Waals surface area contributed by atoms with Gasteiger partial charge in [0.25, 0.3) is 5.91 Å². The summed E-state index contributed by atoms with van der Waals surface area (Å²) in [4.78, 5) is 27.7. The van der Waals surface area contributed by atoms with Gasteiger partial charge in [-0.25, -0.2) is 0 Å². The fourth-order valence-corrected chi connectivity index (χ4v) is 4.23. The molecule has 2 heterocycles. The van der Waals surface area contributed by atoms with Gasteiger partial charge in [-0.3, -0.25) is 19.6 Å². The molecule has 3 aromatic rings. The third-order valence-corrected chi connectivity index (χ3v) is 6.14. The van der Waals surface area contributed by atoms with Crippen LogP contribution in [0, 0.1) is 24.0 Å². The summed E-state index contributed by atoms with van der Waals surface area (Å²) < 4.78 is 7.03. The van der Waals surface area contributed by atoms with Gasteiger partial charge >= 0.3 is 5.69 Å². The number of nitro groups is 1. The van der Waals surface area contributed by atoms with Crippen LogP contribution in [0.1, 0.15) is 32.9 Å². The topological polar surface area (TPSA) is 93.7 Å². The van der Waals surface area contributed by atoms with Crippen molar-refractivity contribution in [2.24, 2.45) is 0 Å². The summed E-state index contributed by atoms with van der Waals surface area (Å²) in [7, 11) is 1.79. The van der Waals surface area contributed by atoms with Crippen molar-refractivity contribution in [3.63, 3.8) is 0 Å². The molecule has 1 aliphatic rings. The molecule has 0 bridgehead atoms. The summed E-state index contributed by atoms with van der Waals surface area (Å²) in [5, 5.41) is 15.5. The minimum atomic E-state index is -0.401. The van der Waals surface area contributed by atoms with Crippen LogP contribution in [0.25, 0.3) is 0 Å². The zero-order chi connectivity index (χ0) is 24.2. The number of aromatic nitrogens is 2. The van der Waals surface area contributed by atoms with Gasteiger partial charge in [-0.2, -0.15) is 5.10 Å². The molecule has 4 rings (SSSR count). The lowest BCUT2D eigenvalue weighted by Gasteiger charge is -2.29. The van der Waals surface area contributed by atoms with Crippen LogP contribution in [0.5, 0.6) is 0 Å². The summed E-state index contributed by atoms with van der Waals surface area (Å²) in [6.07, 6.45) is 0. The molecule has 0 saturated carbocycles. The van der Waals surface area contributed by atoms with Crippen LogP contribution in [0.4, 0.5) is 11.4 Å². The Kier molecular flexibility index (Phi) is 6.93. The number of hydrogen-bond donors (Lipinski definition) is 0. The normalized spacial score (nSPS) is 13.7. The average molecular weight is 464 g/mol. The van der Waals surface area contributed by atoms with Gasteiger partial charge in [-0.15, -0.1) is 0 Å². The first kappa shape index (κ1) is 23.4. The Morgan fingerprint density at radius 3 is 2.26 bits per heavy atom. The Bertz CT molecular complexity index is 1170. The van der Waals surface area contributed by atoms with Crippen molar-refractivity contribution < 1.29 is 14.5 Å². The summed E-state index contributed by atoms with van der Waals surface area (Å²) in [5.74, 6) is -0.0643. The molecule has 1 amide bonds. The Morgan fingerprint density at radius 2 is 1.68 bits per heavy atom. The zero-order valence-electron chi connectivity index (χ0n) is 19.7. The number of carbonyl (C=O) groups is 1. The van der Waals surface area contributed by atoms with E-state index in [0.717, 1.165) is 37.4 Å². The minimum Gasteiger partial charge on any atom is -0.378 e. The van der Waals surface area contributed by atoms with Crippen molar-refractivity contribution in [2.75, 3.05) is 38.3 Å². The number of anilines is 1. The van der Waals surface area contributed by atoms with E-state index < -0.39 is 4.92 Å². The standard InChI is InChI=1S/C25H29N5O4/c1-18-24(30(32)33)19(2)29(26-18)17-21-4-8-22(9-5-21)25(31)27(3)16-20-6-10-23(11-7-20)28-12-14-34-15-13-28/h4-11H,12-17H2,1-3H3. The van der Waals surface area contributed by atoms with E-state index in [0.29, 0.717) is 30.0 Å². The first-order chi connectivity index (χ1) is 16.3. The van der Waals surface area contributed by atoms with Crippen molar-refractivity contribution in [1.29, 1.82) is 0 Å². The van der Waals surface area contributed by atoms with Crippen molar-refractivity contribution in [3.8, 4) is 0 Å². The summed E-state index contributed by atoms with van der Waals surface area (Å²) in [6.45, 7) is 7.53. The molecule has 178 valence electrons. The van der Waals surface area contributed by atoms with Crippen molar-refractivity contribution >= 4 is 17.3 Å². The number of morpholine rings is 1. The van der Waals surface area contributed by atoms with Gasteiger partial charge in [-0.05, 0) is 49.2 Å². The number of carbonyl (C=O) groups excluding carboxylic acids is 1. The van der Waals surface area contributed by atoms with Crippen molar-refractivity contribution in [2.45, 2.75) is 26.9 Å². The Hall–Kier alpha value is -3.72. The Balaban J connectivity index is 1.37. The maximum Gasteiger partial charge on any atom is 0.312 e. The molecule has 0 radical (unpaired) electrons. The molecule has 34 heavy (non-hydrogen) atoms. The SMILES string of the molecule is Cc1nn(Cc2ccc(C(=O)N(C)Cc3ccc(N4CCOCC4)cc3)cc2)c(C)c1[N+](=O)[O-]. The fraction of sp³-hybridized carbons (Fsp3) is 0.360. The minimum absolute atomic E-state index is 0.0476. The first-order valence-electron chi connectivity index (χ1n) is 11.3. The molecule has 9 nitrogen and oxygen atoms in total. The van der Waals surface area contributed by atoms with Crippen LogP contribution < -0.4 is 4.90 Å². The lowest BCUT2D eigenvalue weighted by atomic mass is 10.1. The summed E-state index contributed by atoms with van der Waals surface area (Å²) in [6, 6.07) is 15.6. The second kappa shape index (κ2) is 10.0. The van der Waals surface area contributed by atoms with E-state index in [-0.39, 0.29) is 11.6 Å². The van der Waals surface area contributed by atoms with E-state index in [1.165, 1.54) is 5.69 Å². The highest BCUT2D eigenvalue weighted by molar-refractivity contribution is 5.94. The molecule has 1 saturated heterocycles.